The molecule has 0 bridgehead atoms. The average Bonchev–Trinajstić information content (AvgIpc) is 2.64. The van der Waals surface area contributed by atoms with Crippen LogP contribution in [0.3, 0.4) is 0 Å². The lowest BCUT2D eigenvalue weighted by molar-refractivity contribution is -0.759. The van der Waals surface area contributed by atoms with Crippen LogP contribution < -0.4 is 11.2 Å². The maximum Gasteiger partial charge on any atom is 0.330 e. The maximum atomic E-state index is 11.5. The summed E-state index contributed by atoms with van der Waals surface area (Å²) in [6.45, 7) is -0.597. The van der Waals surface area contributed by atoms with Gasteiger partial charge in [0, 0.05) is 12.3 Å². The summed E-state index contributed by atoms with van der Waals surface area (Å²) in [7, 11) is 0. The largest absolute Gasteiger partial charge is 0.387 e. The van der Waals surface area contributed by atoms with Gasteiger partial charge in [-0.05, 0) is 0 Å². The van der Waals surface area contributed by atoms with Crippen molar-refractivity contribution < 1.29 is 24.9 Å². The molecule has 1 saturated heterocycles. The van der Waals surface area contributed by atoms with E-state index in [2.05, 4.69) is 4.84 Å². The van der Waals surface area contributed by atoms with E-state index < -0.39 is 47.5 Å². The molecule has 0 radical (unpaired) electrons. The third-order valence-electron chi connectivity index (χ3n) is 2.81. The Labute approximate surface area is 110 Å². The molecular weight excluding hydrogens is 278 g/mol. The molecule has 1 aliphatic rings. The summed E-state index contributed by atoms with van der Waals surface area (Å²) in [5.74, 6) is 0. The molecule has 0 saturated carbocycles. The summed E-state index contributed by atoms with van der Waals surface area (Å²) >= 11 is 0. The molecule has 3 N–H and O–H groups in total. The molecule has 0 unspecified atom stereocenters. The first-order valence-electron chi connectivity index (χ1n) is 5.50. The molecule has 2 heterocycles. The van der Waals surface area contributed by atoms with E-state index >= 15 is 0 Å². The smallest absolute Gasteiger partial charge is 0.330 e. The van der Waals surface area contributed by atoms with E-state index in [9.17, 15) is 29.9 Å². The fourth-order valence-electron chi connectivity index (χ4n) is 1.86. The highest BCUT2D eigenvalue weighted by Crippen LogP contribution is 2.28. The van der Waals surface area contributed by atoms with Gasteiger partial charge in [-0.3, -0.25) is 14.3 Å². The highest BCUT2D eigenvalue weighted by Gasteiger charge is 2.44. The minimum absolute atomic E-state index is 0.597. The number of aliphatic hydroxyl groups is 2. The van der Waals surface area contributed by atoms with Gasteiger partial charge >= 0.3 is 5.69 Å². The Morgan fingerprint density at radius 3 is 2.75 bits per heavy atom. The molecule has 11 heteroatoms. The predicted molar refractivity (Wildman–Crippen MR) is 60.2 cm³/mol. The number of H-pyrrole nitrogens is 1. The number of aliphatic hydroxyl groups excluding tert-OH is 2. The lowest BCUT2D eigenvalue weighted by atomic mass is 10.1. The van der Waals surface area contributed by atoms with Crippen LogP contribution in [0.4, 0.5) is 0 Å². The van der Waals surface area contributed by atoms with Crippen LogP contribution in [0.5, 0.6) is 0 Å². The van der Waals surface area contributed by atoms with Gasteiger partial charge in [0.15, 0.2) is 6.23 Å². The number of hydrogen-bond donors (Lipinski definition) is 3. The molecule has 1 aliphatic heterocycles. The summed E-state index contributed by atoms with van der Waals surface area (Å²) < 4.78 is 6.02. The molecule has 2 rings (SSSR count). The van der Waals surface area contributed by atoms with Crippen LogP contribution in [-0.4, -0.2) is 49.8 Å². The number of nitrogens with zero attached hydrogens (tertiary/aromatic N) is 2. The molecule has 0 spiro atoms. The predicted octanol–water partition coefficient (Wildman–Crippen LogP) is -2.64. The summed E-state index contributed by atoms with van der Waals surface area (Å²) in [5, 5.41) is 28.5. The van der Waals surface area contributed by atoms with E-state index in [1.54, 1.807) is 0 Å². The first-order valence-corrected chi connectivity index (χ1v) is 5.50. The number of hydrogen-bond acceptors (Lipinski definition) is 8. The monoisotopic (exact) mass is 289 g/mol. The Morgan fingerprint density at radius 2 is 2.15 bits per heavy atom. The van der Waals surface area contributed by atoms with Crippen molar-refractivity contribution in [2.45, 2.75) is 24.5 Å². The third kappa shape index (κ3) is 2.68. The summed E-state index contributed by atoms with van der Waals surface area (Å²) in [6.07, 6.45) is -4.36. The SMILES string of the molecule is O=c1ccn([C@@H]2O[C@H](CO[N+](=O)[O-])[C@@H](O)[C@H]2O)c(=O)[nH]1. The van der Waals surface area contributed by atoms with Crippen LogP contribution in [0.2, 0.25) is 0 Å². The molecule has 0 aromatic carbocycles. The van der Waals surface area contributed by atoms with Crippen LogP contribution in [-0.2, 0) is 9.57 Å². The Balaban J connectivity index is 2.19. The number of aromatic nitrogens is 2. The van der Waals surface area contributed by atoms with Gasteiger partial charge in [-0.25, -0.2) is 4.79 Å². The van der Waals surface area contributed by atoms with Gasteiger partial charge in [-0.15, -0.1) is 10.1 Å². The van der Waals surface area contributed by atoms with E-state index in [1.807, 2.05) is 4.98 Å². The fourth-order valence-corrected chi connectivity index (χ4v) is 1.86. The Kier molecular flexibility index (Phi) is 3.83. The molecule has 4 atom stereocenters. The van der Waals surface area contributed by atoms with Crippen molar-refractivity contribution in [3.63, 3.8) is 0 Å². The van der Waals surface area contributed by atoms with Gasteiger partial charge in [0.25, 0.3) is 10.6 Å². The molecule has 0 amide bonds. The standard InChI is InChI=1S/C9H11N3O8/c13-5-1-2-11(9(16)10-5)8-7(15)6(14)4(20-8)3-19-12(17)18/h1-2,4,6-8,14-15H,3H2,(H,10,13,16)/t4-,6-,7-,8-/m1/s1. The molecule has 1 aromatic rings. The lowest BCUT2D eigenvalue weighted by Crippen LogP contribution is -2.37. The Bertz CT molecular complexity index is 610. The molecule has 0 aliphatic carbocycles. The molecule has 20 heavy (non-hydrogen) atoms. The Morgan fingerprint density at radius 1 is 1.45 bits per heavy atom. The second-order valence-corrected chi connectivity index (χ2v) is 4.08. The second kappa shape index (κ2) is 5.40. The molecule has 11 nitrogen and oxygen atoms in total. The topological polar surface area (TPSA) is 157 Å². The van der Waals surface area contributed by atoms with Crippen molar-refractivity contribution in [3.05, 3.63) is 43.2 Å². The van der Waals surface area contributed by atoms with E-state index in [4.69, 9.17) is 4.74 Å². The van der Waals surface area contributed by atoms with Gasteiger partial charge in [0.2, 0.25) is 0 Å². The van der Waals surface area contributed by atoms with E-state index in [1.165, 1.54) is 0 Å². The number of aromatic amines is 1. The van der Waals surface area contributed by atoms with Crippen LogP contribution in [0, 0.1) is 10.1 Å². The number of ether oxygens (including phenoxy) is 1. The fraction of sp³-hybridized carbons (Fsp3) is 0.556. The minimum atomic E-state index is -1.50. The van der Waals surface area contributed by atoms with Crippen molar-refractivity contribution in [1.82, 2.24) is 9.55 Å². The molecule has 1 aromatic heterocycles. The zero-order valence-electron chi connectivity index (χ0n) is 9.91. The van der Waals surface area contributed by atoms with E-state index in [-0.39, 0.29) is 0 Å². The summed E-state index contributed by atoms with van der Waals surface area (Å²) in [6, 6.07) is 1.03. The quantitative estimate of drug-likeness (QED) is 0.401. The molecule has 1 fully saturated rings. The third-order valence-corrected chi connectivity index (χ3v) is 2.81. The van der Waals surface area contributed by atoms with Crippen LogP contribution >= 0.6 is 0 Å². The summed E-state index contributed by atoms with van der Waals surface area (Å²) in [4.78, 5) is 38.6. The first-order chi connectivity index (χ1) is 9.40. The maximum absolute atomic E-state index is 11.5. The normalized spacial score (nSPS) is 29.3. The summed E-state index contributed by atoms with van der Waals surface area (Å²) in [5.41, 5.74) is -1.47. The lowest BCUT2D eigenvalue weighted by Gasteiger charge is -2.16. The van der Waals surface area contributed by atoms with Gasteiger partial charge in [0.1, 0.15) is 24.9 Å². The highest BCUT2D eigenvalue weighted by molar-refractivity contribution is 4.92. The molecule has 110 valence electrons. The minimum Gasteiger partial charge on any atom is -0.387 e. The van der Waals surface area contributed by atoms with Crippen molar-refractivity contribution in [3.8, 4) is 0 Å². The van der Waals surface area contributed by atoms with Crippen molar-refractivity contribution >= 4 is 0 Å². The van der Waals surface area contributed by atoms with Crippen LogP contribution in [0.1, 0.15) is 6.23 Å². The average molecular weight is 289 g/mol. The highest BCUT2D eigenvalue weighted by atomic mass is 17.0. The van der Waals surface area contributed by atoms with Gasteiger partial charge in [-0.2, -0.15) is 0 Å². The van der Waals surface area contributed by atoms with Crippen molar-refractivity contribution in [2.75, 3.05) is 6.61 Å². The van der Waals surface area contributed by atoms with Crippen molar-refractivity contribution in [2.24, 2.45) is 0 Å². The van der Waals surface area contributed by atoms with Crippen molar-refractivity contribution in [1.29, 1.82) is 0 Å². The zero-order valence-corrected chi connectivity index (χ0v) is 9.91. The first kappa shape index (κ1) is 14.2. The van der Waals surface area contributed by atoms with E-state index in [0.29, 0.717) is 0 Å². The number of rotatable bonds is 4. The number of nitrogens with one attached hydrogen (secondary N) is 1. The van der Waals surface area contributed by atoms with Gasteiger partial charge in [0.05, 0.1) is 0 Å². The molecular formula is C9H11N3O8. The Hall–Kier alpha value is -2.24. The second-order valence-electron chi connectivity index (χ2n) is 4.08. The zero-order chi connectivity index (χ0) is 14.9. The van der Waals surface area contributed by atoms with Crippen LogP contribution in [0.15, 0.2) is 21.9 Å². The van der Waals surface area contributed by atoms with Gasteiger partial charge in [-0.1, -0.05) is 0 Å². The van der Waals surface area contributed by atoms with Crippen LogP contribution in [0.25, 0.3) is 0 Å². The van der Waals surface area contributed by atoms with E-state index in [0.717, 1.165) is 16.8 Å². The van der Waals surface area contributed by atoms with Gasteiger partial charge < -0.3 is 19.8 Å².